The highest BCUT2D eigenvalue weighted by Crippen LogP contribution is 2.29. The summed E-state index contributed by atoms with van der Waals surface area (Å²) < 4.78 is 5.11. The molecule has 6 nitrogen and oxygen atoms in total. The molecule has 0 saturated heterocycles. The van der Waals surface area contributed by atoms with Crippen molar-refractivity contribution in [2.45, 2.75) is 6.61 Å². The zero-order chi connectivity index (χ0) is 15.4. The fourth-order valence-electron chi connectivity index (χ4n) is 2.04. The molecular formula is C15H16N2O4. The number of hydrogen-bond acceptors (Lipinski definition) is 5. The topological polar surface area (TPSA) is 75.8 Å². The summed E-state index contributed by atoms with van der Waals surface area (Å²) in [5.41, 5.74) is 1.88. The van der Waals surface area contributed by atoms with E-state index < -0.39 is 4.92 Å². The molecule has 0 spiro atoms. The SMILES string of the molecule is COc1ccc(N(C)c2ccc([N+](=O)[O-])c(CO)c2)cc1. The molecule has 0 unspecified atom stereocenters. The van der Waals surface area contributed by atoms with Crippen molar-refractivity contribution >= 4 is 17.1 Å². The lowest BCUT2D eigenvalue weighted by Crippen LogP contribution is -2.10. The summed E-state index contributed by atoms with van der Waals surface area (Å²) in [4.78, 5) is 12.2. The van der Waals surface area contributed by atoms with Crippen LogP contribution < -0.4 is 9.64 Å². The van der Waals surface area contributed by atoms with Gasteiger partial charge in [-0.15, -0.1) is 0 Å². The summed E-state index contributed by atoms with van der Waals surface area (Å²) >= 11 is 0. The number of anilines is 2. The van der Waals surface area contributed by atoms with Crippen LogP contribution in [0.15, 0.2) is 42.5 Å². The first-order chi connectivity index (χ1) is 10.1. The first-order valence-electron chi connectivity index (χ1n) is 6.32. The first kappa shape index (κ1) is 14.8. The average molecular weight is 288 g/mol. The minimum atomic E-state index is -0.497. The number of rotatable bonds is 5. The van der Waals surface area contributed by atoms with Crippen LogP contribution >= 0.6 is 0 Å². The Balaban J connectivity index is 2.33. The van der Waals surface area contributed by atoms with Gasteiger partial charge in [-0.2, -0.15) is 0 Å². The van der Waals surface area contributed by atoms with Crippen molar-refractivity contribution in [3.8, 4) is 5.75 Å². The van der Waals surface area contributed by atoms with E-state index in [0.717, 1.165) is 17.1 Å². The highest BCUT2D eigenvalue weighted by atomic mass is 16.6. The van der Waals surface area contributed by atoms with E-state index >= 15 is 0 Å². The van der Waals surface area contributed by atoms with Crippen LogP contribution in [-0.4, -0.2) is 24.2 Å². The quantitative estimate of drug-likeness (QED) is 0.676. The summed E-state index contributed by atoms with van der Waals surface area (Å²) in [6.07, 6.45) is 0. The van der Waals surface area contributed by atoms with Crippen LogP contribution in [0.3, 0.4) is 0 Å². The molecule has 0 aliphatic carbocycles. The van der Waals surface area contributed by atoms with E-state index in [4.69, 9.17) is 4.74 Å². The van der Waals surface area contributed by atoms with Gasteiger partial charge in [0, 0.05) is 24.5 Å². The number of ether oxygens (including phenoxy) is 1. The standard InChI is InChI=1S/C15H16N2O4/c1-16(12-3-6-14(21-2)7-4-12)13-5-8-15(17(19)20)11(9-13)10-18/h3-9,18H,10H2,1-2H3. The summed E-state index contributed by atoms with van der Waals surface area (Å²) in [6, 6.07) is 12.1. The van der Waals surface area contributed by atoms with Crippen molar-refractivity contribution in [1.29, 1.82) is 0 Å². The molecule has 0 bridgehead atoms. The van der Waals surface area contributed by atoms with E-state index in [0.29, 0.717) is 0 Å². The van der Waals surface area contributed by atoms with Gasteiger partial charge in [-0.1, -0.05) is 0 Å². The molecule has 0 aromatic heterocycles. The lowest BCUT2D eigenvalue weighted by molar-refractivity contribution is -0.385. The number of nitrogens with zero attached hydrogens (tertiary/aromatic N) is 2. The highest BCUT2D eigenvalue weighted by molar-refractivity contribution is 5.65. The Morgan fingerprint density at radius 1 is 1.19 bits per heavy atom. The fraction of sp³-hybridized carbons (Fsp3) is 0.200. The number of hydrogen-bond donors (Lipinski definition) is 1. The number of nitro benzene ring substituents is 1. The van der Waals surface area contributed by atoms with Gasteiger partial charge in [-0.05, 0) is 36.4 Å². The van der Waals surface area contributed by atoms with E-state index in [9.17, 15) is 15.2 Å². The molecule has 0 heterocycles. The fourth-order valence-corrected chi connectivity index (χ4v) is 2.04. The van der Waals surface area contributed by atoms with Gasteiger partial charge in [0.05, 0.1) is 24.2 Å². The summed E-state index contributed by atoms with van der Waals surface area (Å²) in [5, 5.41) is 20.1. The van der Waals surface area contributed by atoms with Crippen molar-refractivity contribution in [3.05, 3.63) is 58.1 Å². The minimum absolute atomic E-state index is 0.0793. The number of aliphatic hydroxyl groups excluding tert-OH is 1. The molecule has 2 rings (SSSR count). The molecule has 0 aliphatic rings. The zero-order valence-electron chi connectivity index (χ0n) is 11.8. The normalized spacial score (nSPS) is 10.2. The minimum Gasteiger partial charge on any atom is -0.497 e. The van der Waals surface area contributed by atoms with Gasteiger partial charge in [0.15, 0.2) is 0 Å². The van der Waals surface area contributed by atoms with Gasteiger partial charge in [-0.3, -0.25) is 10.1 Å². The monoisotopic (exact) mass is 288 g/mol. The van der Waals surface area contributed by atoms with Gasteiger partial charge in [0.1, 0.15) is 5.75 Å². The molecule has 1 N–H and O–H groups in total. The molecule has 0 atom stereocenters. The van der Waals surface area contributed by atoms with Crippen molar-refractivity contribution in [2.75, 3.05) is 19.1 Å². The van der Waals surface area contributed by atoms with Gasteiger partial charge in [0.25, 0.3) is 5.69 Å². The van der Waals surface area contributed by atoms with E-state index in [-0.39, 0.29) is 17.9 Å². The molecular weight excluding hydrogens is 272 g/mol. The van der Waals surface area contributed by atoms with Crippen LogP contribution in [0.25, 0.3) is 0 Å². The maximum Gasteiger partial charge on any atom is 0.275 e. The highest BCUT2D eigenvalue weighted by Gasteiger charge is 2.15. The number of nitro groups is 1. The second-order valence-electron chi connectivity index (χ2n) is 4.49. The molecule has 0 amide bonds. The van der Waals surface area contributed by atoms with Crippen molar-refractivity contribution in [3.63, 3.8) is 0 Å². The van der Waals surface area contributed by atoms with Crippen LogP contribution in [0.5, 0.6) is 5.75 Å². The molecule has 0 radical (unpaired) electrons. The van der Waals surface area contributed by atoms with Gasteiger partial charge >= 0.3 is 0 Å². The zero-order valence-corrected chi connectivity index (χ0v) is 11.8. The van der Waals surface area contributed by atoms with Gasteiger partial charge in [-0.25, -0.2) is 0 Å². The van der Waals surface area contributed by atoms with Crippen LogP contribution in [-0.2, 0) is 6.61 Å². The predicted molar refractivity (Wildman–Crippen MR) is 80.1 cm³/mol. The first-order valence-corrected chi connectivity index (χ1v) is 6.32. The van der Waals surface area contributed by atoms with Crippen molar-refractivity contribution < 1.29 is 14.8 Å². The third kappa shape index (κ3) is 3.11. The Morgan fingerprint density at radius 2 is 1.81 bits per heavy atom. The number of methoxy groups -OCH3 is 1. The maximum absolute atomic E-state index is 10.9. The van der Waals surface area contributed by atoms with Gasteiger partial charge < -0.3 is 14.7 Å². The molecule has 2 aromatic carbocycles. The lowest BCUT2D eigenvalue weighted by atomic mass is 10.1. The van der Waals surface area contributed by atoms with E-state index in [1.807, 2.05) is 36.2 Å². The molecule has 21 heavy (non-hydrogen) atoms. The molecule has 2 aromatic rings. The third-order valence-corrected chi connectivity index (χ3v) is 3.28. The average Bonchev–Trinajstić information content (AvgIpc) is 2.53. The van der Waals surface area contributed by atoms with Crippen LogP contribution in [0.1, 0.15) is 5.56 Å². The Bertz CT molecular complexity index is 641. The van der Waals surface area contributed by atoms with Gasteiger partial charge in [0.2, 0.25) is 0 Å². The predicted octanol–water partition coefficient (Wildman–Crippen LogP) is 2.86. The molecule has 0 aliphatic heterocycles. The van der Waals surface area contributed by atoms with Crippen LogP contribution in [0.4, 0.5) is 17.1 Å². The maximum atomic E-state index is 10.9. The van der Waals surface area contributed by atoms with Crippen LogP contribution in [0, 0.1) is 10.1 Å². The summed E-state index contributed by atoms with van der Waals surface area (Å²) in [5.74, 6) is 0.756. The molecule has 0 saturated carbocycles. The summed E-state index contributed by atoms with van der Waals surface area (Å²) in [6.45, 7) is -0.374. The van der Waals surface area contributed by atoms with Crippen LogP contribution in [0.2, 0.25) is 0 Å². The Hall–Kier alpha value is -2.60. The second-order valence-corrected chi connectivity index (χ2v) is 4.49. The number of benzene rings is 2. The Morgan fingerprint density at radius 3 is 2.33 bits per heavy atom. The molecule has 6 heteroatoms. The smallest absolute Gasteiger partial charge is 0.275 e. The van der Waals surface area contributed by atoms with Crippen molar-refractivity contribution in [1.82, 2.24) is 0 Å². The van der Waals surface area contributed by atoms with E-state index in [1.54, 1.807) is 19.2 Å². The largest absolute Gasteiger partial charge is 0.497 e. The number of aliphatic hydroxyl groups is 1. The Labute approximate surface area is 122 Å². The second kappa shape index (κ2) is 6.23. The molecule has 0 fully saturated rings. The summed E-state index contributed by atoms with van der Waals surface area (Å²) in [7, 11) is 3.45. The third-order valence-electron chi connectivity index (χ3n) is 3.28. The Kier molecular flexibility index (Phi) is 4.39. The van der Waals surface area contributed by atoms with E-state index in [2.05, 4.69) is 0 Å². The van der Waals surface area contributed by atoms with E-state index in [1.165, 1.54) is 6.07 Å². The molecule has 110 valence electrons. The van der Waals surface area contributed by atoms with Crippen molar-refractivity contribution in [2.24, 2.45) is 0 Å². The lowest BCUT2D eigenvalue weighted by Gasteiger charge is -2.20.